The van der Waals surface area contributed by atoms with Gasteiger partial charge in [-0.2, -0.15) is 0 Å². The van der Waals surface area contributed by atoms with Crippen molar-refractivity contribution in [3.63, 3.8) is 0 Å². The maximum absolute atomic E-state index is 13.3. The number of anilines is 2. The van der Waals surface area contributed by atoms with Crippen LogP contribution in [0.25, 0.3) is 0 Å². The van der Waals surface area contributed by atoms with Gasteiger partial charge in [0.25, 0.3) is 15.9 Å². The molecular formula is C26H26N2O5S. The van der Waals surface area contributed by atoms with Gasteiger partial charge in [0, 0.05) is 12.2 Å². The molecule has 0 spiro atoms. The highest BCUT2D eigenvalue weighted by Gasteiger charge is 2.31. The fourth-order valence-electron chi connectivity index (χ4n) is 3.82. The summed E-state index contributed by atoms with van der Waals surface area (Å²) in [6.45, 7) is 3.85. The summed E-state index contributed by atoms with van der Waals surface area (Å²) in [5.74, 6) is -1.25. The molecule has 0 aromatic heterocycles. The number of hydrogen-bond donors (Lipinski definition) is 1. The standard InChI is InChI=1S/C26H26N2O5S/c1-3-19-11-13-22(14-12-19)27-25(29)18(2)33-26(30)21-8-6-9-23(17-21)34(31,32)28-16-15-20-7-4-5-10-24(20)28/h4-14,17-18H,3,15-16H2,1-2H3,(H,27,29). The van der Waals surface area contributed by atoms with Gasteiger partial charge in [-0.3, -0.25) is 9.10 Å². The first-order chi connectivity index (χ1) is 16.3. The van der Waals surface area contributed by atoms with Crippen molar-refractivity contribution in [3.05, 3.63) is 89.5 Å². The quantitative estimate of drug-likeness (QED) is 0.514. The van der Waals surface area contributed by atoms with Gasteiger partial charge in [-0.05, 0) is 67.3 Å². The Kier molecular flexibility index (Phi) is 6.70. The van der Waals surface area contributed by atoms with Crippen LogP contribution in [-0.2, 0) is 32.4 Å². The third-order valence-corrected chi connectivity index (χ3v) is 7.59. The Morgan fingerprint density at radius 2 is 1.76 bits per heavy atom. The molecule has 1 N–H and O–H groups in total. The third-order valence-electron chi connectivity index (χ3n) is 5.79. The Hall–Kier alpha value is -3.65. The van der Waals surface area contributed by atoms with Gasteiger partial charge < -0.3 is 10.1 Å². The van der Waals surface area contributed by atoms with Gasteiger partial charge in [0.15, 0.2) is 6.10 Å². The van der Waals surface area contributed by atoms with Crippen LogP contribution in [0.15, 0.2) is 77.7 Å². The molecule has 0 bridgehead atoms. The number of fused-ring (bicyclic) bond motifs is 1. The number of para-hydroxylation sites is 1. The highest BCUT2D eigenvalue weighted by molar-refractivity contribution is 7.92. The van der Waals surface area contributed by atoms with Gasteiger partial charge in [0.1, 0.15) is 0 Å². The maximum atomic E-state index is 13.3. The van der Waals surface area contributed by atoms with E-state index in [1.807, 2.05) is 31.2 Å². The zero-order chi connectivity index (χ0) is 24.3. The van der Waals surface area contributed by atoms with Crippen LogP contribution in [0.4, 0.5) is 11.4 Å². The highest BCUT2D eigenvalue weighted by Crippen LogP contribution is 2.32. The number of benzene rings is 3. The molecule has 0 fully saturated rings. The smallest absolute Gasteiger partial charge is 0.338 e. The Labute approximate surface area is 199 Å². The lowest BCUT2D eigenvalue weighted by molar-refractivity contribution is -0.123. The molecule has 1 aliphatic heterocycles. The van der Waals surface area contributed by atoms with Crippen LogP contribution in [0.3, 0.4) is 0 Å². The van der Waals surface area contributed by atoms with Gasteiger partial charge in [-0.15, -0.1) is 0 Å². The first-order valence-corrected chi connectivity index (χ1v) is 12.5. The molecule has 0 saturated carbocycles. The molecule has 1 amide bonds. The number of esters is 1. The zero-order valence-electron chi connectivity index (χ0n) is 19.0. The van der Waals surface area contributed by atoms with Crippen LogP contribution < -0.4 is 9.62 Å². The van der Waals surface area contributed by atoms with E-state index in [1.165, 1.54) is 35.5 Å². The third kappa shape index (κ3) is 4.82. The maximum Gasteiger partial charge on any atom is 0.338 e. The summed E-state index contributed by atoms with van der Waals surface area (Å²) < 4.78 is 33.2. The largest absolute Gasteiger partial charge is 0.449 e. The van der Waals surface area contributed by atoms with Crippen LogP contribution in [0.1, 0.15) is 35.3 Å². The Morgan fingerprint density at radius 3 is 2.50 bits per heavy atom. The van der Waals surface area contributed by atoms with Crippen molar-refractivity contribution in [1.29, 1.82) is 0 Å². The van der Waals surface area contributed by atoms with E-state index in [2.05, 4.69) is 5.32 Å². The molecule has 1 atom stereocenters. The SMILES string of the molecule is CCc1ccc(NC(=O)C(C)OC(=O)c2cccc(S(=O)(=O)N3CCc4ccccc43)c2)cc1. The molecular weight excluding hydrogens is 452 g/mol. The number of carbonyl (C=O) groups is 2. The minimum atomic E-state index is -3.85. The highest BCUT2D eigenvalue weighted by atomic mass is 32.2. The summed E-state index contributed by atoms with van der Waals surface area (Å²) in [5, 5.41) is 2.71. The van der Waals surface area contributed by atoms with E-state index >= 15 is 0 Å². The normalized spacial score (nSPS) is 13.8. The van der Waals surface area contributed by atoms with Gasteiger partial charge in [0.2, 0.25) is 0 Å². The molecule has 0 radical (unpaired) electrons. The zero-order valence-corrected chi connectivity index (χ0v) is 19.8. The lowest BCUT2D eigenvalue weighted by atomic mass is 10.1. The van der Waals surface area contributed by atoms with E-state index in [0.717, 1.165) is 17.5 Å². The van der Waals surface area contributed by atoms with Crippen LogP contribution in [0, 0.1) is 0 Å². The monoisotopic (exact) mass is 478 g/mol. The molecule has 176 valence electrons. The molecule has 4 rings (SSSR count). The van der Waals surface area contributed by atoms with Crippen LogP contribution >= 0.6 is 0 Å². The fourth-order valence-corrected chi connectivity index (χ4v) is 5.37. The molecule has 8 heteroatoms. The predicted octanol–water partition coefficient (Wildman–Crippen LogP) is 4.18. The van der Waals surface area contributed by atoms with Crippen molar-refractivity contribution in [2.45, 2.75) is 37.7 Å². The van der Waals surface area contributed by atoms with E-state index < -0.39 is 28.0 Å². The molecule has 0 saturated heterocycles. The van der Waals surface area contributed by atoms with Crippen LogP contribution in [-0.4, -0.2) is 32.9 Å². The molecule has 1 heterocycles. The minimum Gasteiger partial charge on any atom is -0.449 e. The Bertz CT molecular complexity index is 1320. The van der Waals surface area contributed by atoms with E-state index in [0.29, 0.717) is 24.3 Å². The van der Waals surface area contributed by atoms with E-state index in [1.54, 1.807) is 24.3 Å². The topological polar surface area (TPSA) is 92.8 Å². The number of carbonyl (C=O) groups excluding carboxylic acids is 2. The van der Waals surface area contributed by atoms with Crippen molar-refractivity contribution >= 4 is 33.3 Å². The summed E-state index contributed by atoms with van der Waals surface area (Å²) in [4.78, 5) is 25.1. The van der Waals surface area contributed by atoms with Crippen molar-refractivity contribution in [2.24, 2.45) is 0 Å². The number of nitrogens with one attached hydrogen (secondary N) is 1. The second kappa shape index (κ2) is 9.69. The first-order valence-electron chi connectivity index (χ1n) is 11.1. The second-order valence-corrected chi connectivity index (χ2v) is 9.93. The predicted molar refractivity (Wildman–Crippen MR) is 130 cm³/mol. The van der Waals surface area contributed by atoms with Gasteiger partial charge in [-0.25, -0.2) is 13.2 Å². The van der Waals surface area contributed by atoms with Crippen molar-refractivity contribution in [1.82, 2.24) is 0 Å². The summed E-state index contributed by atoms with van der Waals surface area (Å²) >= 11 is 0. The van der Waals surface area contributed by atoms with Crippen molar-refractivity contribution in [3.8, 4) is 0 Å². The second-order valence-electron chi connectivity index (χ2n) is 8.07. The Balaban J connectivity index is 1.45. The number of sulfonamides is 1. The van der Waals surface area contributed by atoms with Crippen molar-refractivity contribution in [2.75, 3.05) is 16.2 Å². The van der Waals surface area contributed by atoms with E-state index in [9.17, 15) is 18.0 Å². The Morgan fingerprint density at radius 1 is 1.03 bits per heavy atom. The van der Waals surface area contributed by atoms with Gasteiger partial charge in [-0.1, -0.05) is 43.3 Å². The molecule has 7 nitrogen and oxygen atoms in total. The van der Waals surface area contributed by atoms with E-state index in [-0.39, 0.29) is 10.5 Å². The number of nitrogens with zero attached hydrogens (tertiary/aromatic N) is 1. The molecule has 1 unspecified atom stereocenters. The molecule has 0 aliphatic carbocycles. The number of amides is 1. The molecule has 1 aliphatic rings. The number of aryl methyl sites for hydroxylation is 1. The summed E-state index contributed by atoms with van der Waals surface area (Å²) in [5.41, 5.74) is 3.41. The minimum absolute atomic E-state index is 0.00762. The number of ether oxygens (including phenoxy) is 1. The molecule has 34 heavy (non-hydrogen) atoms. The summed E-state index contributed by atoms with van der Waals surface area (Å²) in [6, 6.07) is 20.4. The number of rotatable bonds is 7. The fraction of sp³-hybridized carbons (Fsp3) is 0.231. The van der Waals surface area contributed by atoms with Gasteiger partial charge >= 0.3 is 5.97 Å². The molecule has 3 aromatic carbocycles. The van der Waals surface area contributed by atoms with Crippen LogP contribution in [0.5, 0.6) is 0 Å². The summed E-state index contributed by atoms with van der Waals surface area (Å²) in [7, 11) is -3.85. The summed E-state index contributed by atoms with van der Waals surface area (Å²) in [6.07, 6.45) is 0.454. The molecule has 3 aromatic rings. The lowest BCUT2D eigenvalue weighted by Gasteiger charge is -2.20. The average Bonchev–Trinajstić information content (AvgIpc) is 3.29. The first kappa shape index (κ1) is 23.5. The number of hydrogen-bond acceptors (Lipinski definition) is 5. The van der Waals surface area contributed by atoms with Gasteiger partial charge in [0.05, 0.1) is 16.1 Å². The van der Waals surface area contributed by atoms with Crippen LogP contribution in [0.2, 0.25) is 0 Å². The lowest BCUT2D eigenvalue weighted by Crippen LogP contribution is -2.30. The average molecular weight is 479 g/mol. The van der Waals surface area contributed by atoms with E-state index in [4.69, 9.17) is 4.74 Å². The van der Waals surface area contributed by atoms with Crippen molar-refractivity contribution < 1.29 is 22.7 Å².